The lowest BCUT2D eigenvalue weighted by Crippen LogP contribution is -2.14. The van der Waals surface area contributed by atoms with Crippen LogP contribution in [0.5, 0.6) is 11.5 Å². The van der Waals surface area contributed by atoms with Gasteiger partial charge in [0.05, 0.1) is 29.6 Å². The van der Waals surface area contributed by atoms with Crippen LogP contribution in [0.3, 0.4) is 0 Å². The van der Waals surface area contributed by atoms with E-state index in [-0.39, 0.29) is 28.3 Å². The summed E-state index contributed by atoms with van der Waals surface area (Å²) >= 11 is 0. The molecular weight excluding hydrogens is 342 g/mol. The molecule has 26 heavy (non-hydrogen) atoms. The van der Waals surface area contributed by atoms with Gasteiger partial charge in [0.15, 0.2) is 5.75 Å². The Kier molecular flexibility index (Phi) is 4.80. The highest BCUT2D eigenvalue weighted by molar-refractivity contribution is 6.04. The second kappa shape index (κ2) is 7.36. The number of hydrogen-bond acceptors (Lipinski definition) is 5. The third kappa shape index (κ3) is 3.96. The number of rotatable bonds is 4. The zero-order valence-electron chi connectivity index (χ0n) is 13.1. The highest BCUT2D eigenvalue weighted by atomic mass is 19.1. The molecule has 0 bridgehead atoms. The lowest BCUT2D eigenvalue weighted by molar-refractivity contribution is 0.102. The van der Waals surface area contributed by atoms with Crippen molar-refractivity contribution in [1.29, 1.82) is 5.26 Å². The molecule has 0 radical (unpaired) electrons. The van der Waals surface area contributed by atoms with E-state index in [1.165, 1.54) is 30.9 Å². The fourth-order valence-electron chi connectivity index (χ4n) is 2.14. The van der Waals surface area contributed by atoms with Gasteiger partial charge in [-0.1, -0.05) is 0 Å². The number of ether oxygens (including phenoxy) is 1. The van der Waals surface area contributed by atoms with Crippen LogP contribution >= 0.6 is 0 Å². The van der Waals surface area contributed by atoms with E-state index in [0.29, 0.717) is 0 Å². The van der Waals surface area contributed by atoms with Crippen molar-refractivity contribution in [2.24, 2.45) is 0 Å². The van der Waals surface area contributed by atoms with E-state index in [1.807, 2.05) is 6.07 Å². The summed E-state index contributed by atoms with van der Waals surface area (Å²) in [6.45, 7) is 0. The molecule has 3 aromatic rings. The van der Waals surface area contributed by atoms with E-state index >= 15 is 0 Å². The topological polar surface area (TPSA) is 87.9 Å². The molecule has 6 nitrogen and oxygen atoms in total. The van der Waals surface area contributed by atoms with Gasteiger partial charge in [-0.25, -0.2) is 18.7 Å². The highest BCUT2D eigenvalue weighted by Gasteiger charge is 2.14. The normalized spacial score (nSPS) is 10.0. The summed E-state index contributed by atoms with van der Waals surface area (Å²) in [5.74, 6) is -1.90. The highest BCUT2D eigenvalue weighted by Crippen LogP contribution is 2.25. The van der Waals surface area contributed by atoms with Crippen LogP contribution in [0.2, 0.25) is 0 Å². The molecule has 1 heterocycles. The molecule has 0 saturated carbocycles. The molecule has 0 spiro atoms. The molecule has 1 amide bonds. The Balaban J connectivity index is 1.84. The first-order valence-corrected chi connectivity index (χ1v) is 7.29. The van der Waals surface area contributed by atoms with Crippen LogP contribution < -0.4 is 10.1 Å². The Hall–Kier alpha value is -3.86. The molecule has 3 rings (SSSR count). The number of nitrogens with one attached hydrogen (secondary N) is 1. The SMILES string of the molecule is N#Cc1ccc(F)c(C(=O)Nc2cc(F)cc(Oc3cncnc3)c2)c1. The van der Waals surface area contributed by atoms with E-state index in [1.54, 1.807) is 0 Å². The van der Waals surface area contributed by atoms with Gasteiger partial charge in [0.2, 0.25) is 0 Å². The Labute approximate surface area is 146 Å². The third-order valence-corrected chi connectivity index (χ3v) is 3.24. The largest absolute Gasteiger partial charge is 0.454 e. The predicted molar refractivity (Wildman–Crippen MR) is 87.6 cm³/mol. The van der Waals surface area contributed by atoms with Crippen molar-refractivity contribution in [2.45, 2.75) is 0 Å². The smallest absolute Gasteiger partial charge is 0.258 e. The van der Waals surface area contributed by atoms with Crippen LogP contribution in [-0.4, -0.2) is 15.9 Å². The molecule has 0 saturated heterocycles. The van der Waals surface area contributed by atoms with Gasteiger partial charge in [0, 0.05) is 17.8 Å². The average molecular weight is 352 g/mol. The van der Waals surface area contributed by atoms with E-state index in [4.69, 9.17) is 10.00 Å². The number of carbonyl (C=O) groups excluding carboxylic acids is 1. The molecule has 0 aliphatic carbocycles. The Morgan fingerprint density at radius 2 is 1.85 bits per heavy atom. The fraction of sp³-hybridized carbons (Fsp3) is 0. The molecule has 8 heteroatoms. The maximum atomic E-state index is 13.8. The zero-order chi connectivity index (χ0) is 18.5. The van der Waals surface area contributed by atoms with Gasteiger partial charge >= 0.3 is 0 Å². The first-order chi connectivity index (χ1) is 12.5. The molecule has 2 aromatic carbocycles. The van der Waals surface area contributed by atoms with Crippen LogP contribution in [0.25, 0.3) is 0 Å². The number of nitriles is 1. The van der Waals surface area contributed by atoms with Crippen molar-refractivity contribution >= 4 is 11.6 Å². The minimum absolute atomic E-state index is 0.0589. The number of anilines is 1. The standard InChI is InChI=1S/C18H10F2N4O2/c19-12-4-13(6-14(5-12)26-15-8-22-10-23-9-15)24-18(25)16-3-11(7-21)1-2-17(16)20/h1-6,8-10H,(H,24,25). The Bertz CT molecular complexity index is 1000. The second-order valence-corrected chi connectivity index (χ2v) is 5.11. The Morgan fingerprint density at radius 1 is 1.08 bits per heavy atom. The second-order valence-electron chi connectivity index (χ2n) is 5.11. The van der Waals surface area contributed by atoms with E-state index in [0.717, 1.165) is 24.3 Å². The maximum absolute atomic E-state index is 13.8. The van der Waals surface area contributed by atoms with Crippen molar-refractivity contribution in [3.63, 3.8) is 0 Å². The van der Waals surface area contributed by atoms with Crippen LogP contribution in [0.4, 0.5) is 14.5 Å². The maximum Gasteiger partial charge on any atom is 0.258 e. The summed E-state index contributed by atoms with van der Waals surface area (Å²) in [6.07, 6.45) is 4.09. The lowest BCUT2D eigenvalue weighted by Gasteiger charge is -2.10. The van der Waals surface area contributed by atoms with Crippen LogP contribution in [0.1, 0.15) is 15.9 Å². The van der Waals surface area contributed by atoms with E-state index in [9.17, 15) is 13.6 Å². The summed E-state index contributed by atoms with van der Waals surface area (Å²) in [4.78, 5) is 19.8. The molecule has 128 valence electrons. The van der Waals surface area contributed by atoms with E-state index < -0.39 is 17.5 Å². The predicted octanol–water partition coefficient (Wildman–Crippen LogP) is 3.67. The van der Waals surface area contributed by atoms with Gasteiger partial charge in [0.1, 0.15) is 23.7 Å². The number of benzene rings is 2. The summed E-state index contributed by atoms with van der Waals surface area (Å²) in [7, 11) is 0. The Morgan fingerprint density at radius 3 is 2.58 bits per heavy atom. The van der Waals surface area contributed by atoms with Crippen LogP contribution in [-0.2, 0) is 0 Å². The van der Waals surface area contributed by atoms with Gasteiger partial charge in [-0.15, -0.1) is 0 Å². The first kappa shape index (κ1) is 17.0. The van der Waals surface area contributed by atoms with Crippen molar-refractivity contribution in [3.05, 3.63) is 77.9 Å². The molecule has 0 aliphatic heterocycles. The summed E-state index contributed by atoms with van der Waals surface area (Å²) in [6, 6.07) is 8.73. The summed E-state index contributed by atoms with van der Waals surface area (Å²) in [5.41, 5.74) is -0.139. The van der Waals surface area contributed by atoms with Crippen molar-refractivity contribution in [1.82, 2.24) is 9.97 Å². The van der Waals surface area contributed by atoms with Gasteiger partial charge in [-0.2, -0.15) is 5.26 Å². The fourth-order valence-corrected chi connectivity index (χ4v) is 2.14. The van der Waals surface area contributed by atoms with Crippen molar-refractivity contribution < 1.29 is 18.3 Å². The van der Waals surface area contributed by atoms with Crippen LogP contribution in [0.15, 0.2) is 55.1 Å². The number of carbonyl (C=O) groups is 1. The van der Waals surface area contributed by atoms with Crippen LogP contribution in [0, 0.1) is 23.0 Å². The van der Waals surface area contributed by atoms with Gasteiger partial charge in [-0.3, -0.25) is 4.79 Å². The van der Waals surface area contributed by atoms with Gasteiger partial charge in [-0.05, 0) is 24.3 Å². The molecular formula is C18H10F2N4O2. The number of nitrogens with zero attached hydrogens (tertiary/aromatic N) is 3. The molecule has 0 aliphatic rings. The summed E-state index contributed by atoms with van der Waals surface area (Å²) < 4.78 is 33.0. The molecule has 0 atom stereocenters. The monoisotopic (exact) mass is 352 g/mol. The minimum atomic E-state index is -0.820. The average Bonchev–Trinajstić information content (AvgIpc) is 2.62. The minimum Gasteiger partial charge on any atom is -0.454 e. The van der Waals surface area contributed by atoms with E-state index in [2.05, 4.69) is 15.3 Å². The number of aromatic nitrogens is 2. The number of hydrogen-bond donors (Lipinski definition) is 1. The van der Waals surface area contributed by atoms with Crippen molar-refractivity contribution in [2.75, 3.05) is 5.32 Å². The third-order valence-electron chi connectivity index (χ3n) is 3.24. The molecule has 0 fully saturated rings. The molecule has 1 N–H and O–H groups in total. The van der Waals surface area contributed by atoms with Crippen molar-refractivity contribution in [3.8, 4) is 17.6 Å². The van der Waals surface area contributed by atoms with Gasteiger partial charge in [0.25, 0.3) is 5.91 Å². The molecule has 1 aromatic heterocycles. The first-order valence-electron chi connectivity index (χ1n) is 7.29. The lowest BCUT2D eigenvalue weighted by atomic mass is 10.1. The number of amides is 1. The summed E-state index contributed by atoms with van der Waals surface area (Å²) in [5, 5.41) is 11.2. The number of halogens is 2. The quantitative estimate of drug-likeness (QED) is 0.774. The van der Waals surface area contributed by atoms with Gasteiger partial charge < -0.3 is 10.1 Å². The molecule has 0 unspecified atom stereocenters. The zero-order valence-corrected chi connectivity index (χ0v) is 13.1.